The molecule has 26 heavy (non-hydrogen) atoms. The molecule has 0 aliphatic carbocycles. The number of imidazole rings is 1. The van der Waals surface area contributed by atoms with E-state index >= 15 is 0 Å². The summed E-state index contributed by atoms with van der Waals surface area (Å²) < 4.78 is 2.15. The molecule has 0 radical (unpaired) electrons. The van der Waals surface area contributed by atoms with Crippen molar-refractivity contribution in [2.75, 3.05) is 5.32 Å². The maximum absolute atomic E-state index is 12.7. The second-order valence-corrected chi connectivity index (χ2v) is 6.60. The number of hydrogen-bond donors (Lipinski definition) is 2. The molecular weight excluding hydrogens is 366 g/mol. The van der Waals surface area contributed by atoms with Crippen LogP contribution in [0.4, 0.5) is 5.13 Å². The number of amides is 1. The van der Waals surface area contributed by atoms with Gasteiger partial charge in [-0.25, -0.2) is 4.98 Å². The minimum absolute atomic E-state index is 0.289. The number of thiazole rings is 1. The highest BCUT2D eigenvalue weighted by molar-refractivity contribution is 7.71. The van der Waals surface area contributed by atoms with Gasteiger partial charge in [0.15, 0.2) is 9.90 Å². The van der Waals surface area contributed by atoms with Gasteiger partial charge in [-0.2, -0.15) is 0 Å². The molecule has 3 heterocycles. The summed E-state index contributed by atoms with van der Waals surface area (Å²) in [5, 5.41) is 5.19. The average Bonchev–Trinajstić information content (AvgIpc) is 3.30. The number of aromatic amines is 1. The SMILES string of the molecule is O=C(Nc1nc(-c2ccccn2)cs1)c1c[nH]c(=S)n1-c1ccccc1. The molecule has 0 aliphatic heterocycles. The van der Waals surface area contributed by atoms with E-state index in [1.165, 1.54) is 11.3 Å². The van der Waals surface area contributed by atoms with E-state index in [4.69, 9.17) is 12.2 Å². The summed E-state index contributed by atoms with van der Waals surface area (Å²) in [6.45, 7) is 0. The lowest BCUT2D eigenvalue weighted by molar-refractivity contribution is 0.102. The van der Waals surface area contributed by atoms with Gasteiger partial charge in [0.1, 0.15) is 11.4 Å². The van der Waals surface area contributed by atoms with Crippen LogP contribution >= 0.6 is 23.6 Å². The predicted molar refractivity (Wildman–Crippen MR) is 104 cm³/mol. The van der Waals surface area contributed by atoms with Gasteiger partial charge in [0.05, 0.1) is 5.69 Å². The number of H-pyrrole nitrogens is 1. The fourth-order valence-electron chi connectivity index (χ4n) is 2.49. The predicted octanol–water partition coefficient (Wildman–Crippen LogP) is 4.31. The number of hydrogen-bond acceptors (Lipinski definition) is 5. The van der Waals surface area contributed by atoms with Crippen molar-refractivity contribution in [1.82, 2.24) is 19.5 Å². The molecule has 1 aromatic carbocycles. The minimum atomic E-state index is -0.289. The standard InChI is InChI=1S/C18H13N5OS2/c24-16(15-10-20-18(25)23(15)12-6-2-1-3-7-12)22-17-21-14(11-26-17)13-8-4-5-9-19-13/h1-11H,(H,20,25)(H,21,22,24). The molecule has 8 heteroatoms. The number of carbonyl (C=O) groups is 1. The Morgan fingerprint density at radius 1 is 1.12 bits per heavy atom. The highest BCUT2D eigenvalue weighted by Crippen LogP contribution is 2.24. The van der Waals surface area contributed by atoms with Crippen molar-refractivity contribution < 1.29 is 4.79 Å². The molecule has 0 bridgehead atoms. The Balaban J connectivity index is 1.61. The summed E-state index contributed by atoms with van der Waals surface area (Å²) in [5.41, 5.74) is 2.71. The fraction of sp³-hybridized carbons (Fsp3) is 0. The van der Waals surface area contributed by atoms with E-state index in [-0.39, 0.29) is 5.91 Å². The van der Waals surface area contributed by atoms with Crippen LogP contribution in [-0.2, 0) is 0 Å². The zero-order valence-electron chi connectivity index (χ0n) is 13.4. The normalized spacial score (nSPS) is 10.6. The third-order valence-corrected chi connectivity index (χ3v) is 4.73. The van der Waals surface area contributed by atoms with E-state index in [1.807, 2.05) is 53.9 Å². The maximum atomic E-state index is 12.7. The number of nitrogens with zero attached hydrogens (tertiary/aromatic N) is 3. The lowest BCUT2D eigenvalue weighted by atomic mass is 10.3. The van der Waals surface area contributed by atoms with Crippen molar-refractivity contribution in [2.45, 2.75) is 0 Å². The molecule has 0 fully saturated rings. The quantitative estimate of drug-likeness (QED) is 0.518. The molecule has 3 aromatic heterocycles. The molecule has 128 valence electrons. The molecule has 0 saturated heterocycles. The third-order valence-electron chi connectivity index (χ3n) is 3.68. The second-order valence-electron chi connectivity index (χ2n) is 5.36. The summed E-state index contributed by atoms with van der Waals surface area (Å²) in [4.78, 5) is 24.3. The Morgan fingerprint density at radius 3 is 2.69 bits per heavy atom. The van der Waals surface area contributed by atoms with Crippen molar-refractivity contribution in [3.8, 4) is 17.1 Å². The fourth-order valence-corrected chi connectivity index (χ4v) is 3.46. The second kappa shape index (κ2) is 7.03. The molecule has 4 rings (SSSR count). The van der Waals surface area contributed by atoms with Crippen LogP contribution in [0.1, 0.15) is 10.5 Å². The van der Waals surface area contributed by atoms with E-state index in [1.54, 1.807) is 17.0 Å². The van der Waals surface area contributed by atoms with Gasteiger partial charge in [-0.15, -0.1) is 11.3 Å². The minimum Gasteiger partial charge on any atom is -0.336 e. The summed E-state index contributed by atoms with van der Waals surface area (Å²) in [6, 6.07) is 15.1. The van der Waals surface area contributed by atoms with E-state index < -0.39 is 0 Å². The first-order chi connectivity index (χ1) is 12.7. The topological polar surface area (TPSA) is 75.6 Å². The van der Waals surface area contributed by atoms with Gasteiger partial charge < -0.3 is 4.98 Å². The summed E-state index contributed by atoms with van der Waals surface area (Å²) >= 11 is 6.66. The number of carbonyl (C=O) groups excluding carboxylic acids is 1. The third kappa shape index (κ3) is 3.19. The smallest absolute Gasteiger partial charge is 0.276 e. The molecule has 1 amide bonds. The van der Waals surface area contributed by atoms with Gasteiger partial charge in [-0.1, -0.05) is 24.3 Å². The van der Waals surface area contributed by atoms with Crippen LogP contribution in [0.25, 0.3) is 17.1 Å². The lowest BCUT2D eigenvalue weighted by Crippen LogP contribution is -2.16. The summed E-state index contributed by atoms with van der Waals surface area (Å²) in [7, 11) is 0. The monoisotopic (exact) mass is 379 g/mol. The van der Waals surface area contributed by atoms with Crippen molar-refractivity contribution in [1.29, 1.82) is 0 Å². The molecule has 0 atom stereocenters. The number of para-hydroxylation sites is 1. The van der Waals surface area contributed by atoms with E-state index in [0.29, 0.717) is 15.6 Å². The molecule has 0 spiro atoms. The molecule has 0 aliphatic rings. The largest absolute Gasteiger partial charge is 0.336 e. The number of rotatable bonds is 4. The molecule has 2 N–H and O–H groups in total. The Bertz CT molecular complexity index is 1100. The number of nitrogens with one attached hydrogen (secondary N) is 2. The number of anilines is 1. The highest BCUT2D eigenvalue weighted by atomic mass is 32.1. The van der Waals surface area contributed by atoms with Gasteiger partial charge in [0.2, 0.25) is 0 Å². The van der Waals surface area contributed by atoms with Crippen molar-refractivity contribution in [3.05, 3.63) is 76.8 Å². The first kappa shape index (κ1) is 16.4. The van der Waals surface area contributed by atoms with Gasteiger partial charge >= 0.3 is 0 Å². The molecule has 0 unspecified atom stereocenters. The van der Waals surface area contributed by atoms with Gasteiger partial charge in [-0.3, -0.25) is 19.7 Å². The number of benzene rings is 1. The van der Waals surface area contributed by atoms with Crippen LogP contribution in [0.2, 0.25) is 0 Å². The molecule has 4 aromatic rings. The van der Waals surface area contributed by atoms with Gasteiger partial charge in [-0.05, 0) is 36.5 Å². The molecule has 0 saturated carbocycles. The number of aromatic nitrogens is 4. The van der Waals surface area contributed by atoms with Crippen molar-refractivity contribution in [2.24, 2.45) is 0 Å². The summed E-state index contributed by atoms with van der Waals surface area (Å²) in [6.07, 6.45) is 3.30. The first-order valence-corrected chi connectivity index (χ1v) is 9.05. The highest BCUT2D eigenvalue weighted by Gasteiger charge is 2.16. The first-order valence-electron chi connectivity index (χ1n) is 7.76. The Labute approximate surface area is 158 Å². The Morgan fingerprint density at radius 2 is 1.92 bits per heavy atom. The molecular formula is C18H13N5OS2. The van der Waals surface area contributed by atoms with Crippen LogP contribution < -0.4 is 5.32 Å². The van der Waals surface area contributed by atoms with E-state index in [2.05, 4.69) is 20.3 Å². The van der Waals surface area contributed by atoms with Crippen molar-refractivity contribution in [3.63, 3.8) is 0 Å². The number of pyridine rings is 1. The Kier molecular flexibility index (Phi) is 4.42. The van der Waals surface area contributed by atoms with Crippen LogP contribution in [0.15, 0.2) is 66.3 Å². The van der Waals surface area contributed by atoms with Crippen LogP contribution in [0.3, 0.4) is 0 Å². The Hall–Kier alpha value is -3.10. The van der Waals surface area contributed by atoms with E-state index in [0.717, 1.165) is 17.1 Å². The molecule has 6 nitrogen and oxygen atoms in total. The zero-order valence-corrected chi connectivity index (χ0v) is 15.1. The maximum Gasteiger partial charge on any atom is 0.276 e. The van der Waals surface area contributed by atoms with Crippen LogP contribution in [0.5, 0.6) is 0 Å². The van der Waals surface area contributed by atoms with Gasteiger partial charge in [0.25, 0.3) is 5.91 Å². The van der Waals surface area contributed by atoms with Crippen LogP contribution in [0, 0.1) is 4.77 Å². The zero-order chi connectivity index (χ0) is 17.9. The lowest BCUT2D eigenvalue weighted by Gasteiger charge is -2.07. The summed E-state index contributed by atoms with van der Waals surface area (Å²) in [5.74, 6) is -0.289. The average molecular weight is 379 g/mol. The van der Waals surface area contributed by atoms with Gasteiger partial charge in [0, 0.05) is 23.5 Å². The van der Waals surface area contributed by atoms with E-state index in [9.17, 15) is 4.79 Å². The van der Waals surface area contributed by atoms with Crippen LogP contribution in [-0.4, -0.2) is 25.4 Å². The van der Waals surface area contributed by atoms with Crippen molar-refractivity contribution >= 4 is 34.6 Å².